The average molecular weight is 246 g/mol. The maximum Gasteiger partial charge on any atom is 0.199 e. The van der Waals surface area contributed by atoms with E-state index in [0.717, 1.165) is 23.4 Å². The van der Waals surface area contributed by atoms with E-state index in [9.17, 15) is 0 Å². The number of hydrogen-bond acceptors (Lipinski definition) is 3. The van der Waals surface area contributed by atoms with Gasteiger partial charge in [-0.3, -0.25) is 0 Å². The number of aromatic nitrogens is 1. The molecule has 0 aliphatic rings. The van der Waals surface area contributed by atoms with E-state index in [4.69, 9.17) is 10.2 Å². The summed E-state index contributed by atoms with van der Waals surface area (Å²) in [4.78, 5) is 4.56. The van der Waals surface area contributed by atoms with Crippen molar-refractivity contribution in [3.05, 3.63) is 29.7 Å². The fraction of sp³-hybridized carbons (Fsp3) is 0.533. The lowest BCUT2D eigenvalue weighted by molar-refractivity contribution is 0.314. The Morgan fingerprint density at radius 2 is 2.06 bits per heavy atom. The molecule has 0 saturated heterocycles. The lowest BCUT2D eigenvalue weighted by Crippen LogP contribution is -2.19. The molecule has 98 valence electrons. The van der Waals surface area contributed by atoms with Gasteiger partial charge in [-0.05, 0) is 36.5 Å². The standard InChI is InChI=1S/C15H22N2O/c1-10-5-6-12-13(7-10)18-14(17-12)11(9-16)8-15(2,3)4/h5-7,11H,8-9,16H2,1-4H3. The van der Waals surface area contributed by atoms with Gasteiger partial charge in [0.1, 0.15) is 5.52 Å². The molecule has 0 aliphatic carbocycles. The molecular weight excluding hydrogens is 224 g/mol. The molecule has 1 aromatic heterocycles. The summed E-state index contributed by atoms with van der Waals surface area (Å²) in [6.45, 7) is 9.26. The van der Waals surface area contributed by atoms with Gasteiger partial charge in [-0.2, -0.15) is 0 Å². The van der Waals surface area contributed by atoms with Gasteiger partial charge in [-0.1, -0.05) is 26.8 Å². The Labute approximate surface area is 108 Å². The fourth-order valence-corrected chi connectivity index (χ4v) is 2.23. The van der Waals surface area contributed by atoms with Crippen LogP contribution in [0.15, 0.2) is 22.6 Å². The Hall–Kier alpha value is -1.35. The second-order valence-electron chi connectivity index (χ2n) is 6.22. The molecule has 1 aromatic carbocycles. The topological polar surface area (TPSA) is 52.0 Å². The SMILES string of the molecule is Cc1ccc2nc(C(CN)CC(C)(C)C)oc2c1. The first kappa shape index (κ1) is 13.1. The summed E-state index contributed by atoms with van der Waals surface area (Å²) in [5.41, 5.74) is 9.05. The molecular formula is C15H22N2O. The highest BCUT2D eigenvalue weighted by molar-refractivity contribution is 5.73. The van der Waals surface area contributed by atoms with Crippen LogP contribution >= 0.6 is 0 Å². The van der Waals surface area contributed by atoms with Crippen molar-refractivity contribution in [3.8, 4) is 0 Å². The number of fused-ring (bicyclic) bond motifs is 1. The van der Waals surface area contributed by atoms with Crippen LogP contribution in [0.4, 0.5) is 0 Å². The average Bonchev–Trinajstić information content (AvgIpc) is 2.67. The van der Waals surface area contributed by atoms with E-state index < -0.39 is 0 Å². The third kappa shape index (κ3) is 2.91. The van der Waals surface area contributed by atoms with Gasteiger partial charge >= 0.3 is 0 Å². The monoisotopic (exact) mass is 246 g/mol. The Morgan fingerprint density at radius 1 is 1.33 bits per heavy atom. The number of rotatable bonds is 3. The summed E-state index contributed by atoms with van der Waals surface area (Å²) >= 11 is 0. The molecule has 0 aliphatic heterocycles. The van der Waals surface area contributed by atoms with Crippen LogP contribution < -0.4 is 5.73 Å². The zero-order valence-corrected chi connectivity index (χ0v) is 11.7. The van der Waals surface area contributed by atoms with Crippen molar-refractivity contribution in [2.75, 3.05) is 6.54 Å². The molecule has 0 bridgehead atoms. The predicted octanol–water partition coefficient (Wildman–Crippen LogP) is 3.61. The molecule has 0 amide bonds. The van der Waals surface area contributed by atoms with E-state index in [2.05, 4.69) is 38.7 Å². The van der Waals surface area contributed by atoms with Crippen LogP contribution in [0, 0.1) is 12.3 Å². The number of nitrogens with zero attached hydrogens (tertiary/aromatic N) is 1. The summed E-state index contributed by atoms with van der Waals surface area (Å²) in [6.07, 6.45) is 0.981. The fourth-order valence-electron chi connectivity index (χ4n) is 2.23. The summed E-state index contributed by atoms with van der Waals surface area (Å²) in [5.74, 6) is 0.964. The Bertz CT molecular complexity index is 537. The van der Waals surface area contributed by atoms with E-state index in [0.29, 0.717) is 6.54 Å². The minimum atomic E-state index is 0.192. The summed E-state index contributed by atoms with van der Waals surface area (Å²) in [6, 6.07) is 6.08. The van der Waals surface area contributed by atoms with Crippen molar-refractivity contribution in [1.29, 1.82) is 0 Å². The summed E-state index contributed by atoms with van der Waals surface area (Å²) in [7, 11) is 0. The van der Waals surface area contributed by atoms with Gasteiger partial charge in [0.15, 0.2) is 11.5 Å². The number of hydrogen-bond donors (Lipinski definition) is 1. The molecule has 18 heavy (non-hydrogen) atoms. The molecule has 3 nitrogen and oxygen atoms in total. The summed E-state index contributed by atoms with van der Waals surface area (Å²) in [5, 5.41) is 0. The Morgan fingerprint density at radius 3 is 2.67 bits per heavy atom. The quantitative estimate of drug-likeness (QED) is 0.900. The zero-order valence-electron chi connectivity index (χ0n) is 11.7. The third-order valence-corrected chi connectivity index (χ3v) is 3.05. The van der Waals surface area contributed by atoms with Crippen molar-refractivity contribution in [2.24, 2.45) is 11.1 Å². The first-order chi connectivity index (χ1) is 8.39. The van der Waals surface area contributed by atoms with Gasteiger partial charge in [0.05, 0.1) is 0 Å². The van der Waals surface area contributed by atoms with Crippen molar-refractivity contribution in [3.63, 3.8) is 0 Å². The molecule has 2 rings (SSSR count). The van der Waals surface area contributed by atoms with Gasteiger partial charge in [0, 0.05) is 12.5 Å². The molecule has 0 saturated carbocycles. The van der Waals surface area contributed by atoms with E-state index in [1.165, 1.54) is 5.56 Å². The van der Waals surface area contributed by atoms with E-state index in [1.807, 2.05) is 12.1 Å². The van der Waals surface area contributed by atoms with Crippen LogP contribution in [0.1, 0.15) is 44.6 Å². The van der Waals surface area contributed by atoms with Gasteiger partial charge in [0.2, 0.25) is 0 Å². The Kier molecular flexibility index (Phi) is 3.44. The second-order valence-corrected chi connectivity index (χ2v) is 6.22. The maximum absolute atomic E-state index is 5.86. The van der Waals surface area contributed by atoms with Crippen LogP contribution in [-0.4, -0.2) is 11.5 Å². The normalized spacial score (nSPS) is 14.1. The molecule has 2 aromatic rings. The lowest BCUT2D eigenvalue weighted by atomic mass is 9.84. The minimum Gasteiger partial charge on any atom is -0.440 e. The first-order valence-electron chi connectivity index (χ1n) is 6.46. The van der Waals surface area contributed by atoms with Crippen molar-refractivity contribution in [1.82, 2.24) is 4.98 Å². The van der Waals surface area contributed by atoms with E-state index >= 15 is 0 Å². The number of oxazole rings is 1. The minimum absolute atomic E-state index is 0.192. The zero-order chi connectivity index (χ0) is 13.3. The maximum atomic E-state index is 5.86. The molecule has 3 heteroatoms. The molecule has 1 atom stereocenters. The van der Waals surface area contributed by atoms with Gasteiger partial charge in [-0.25, -0.2) is 4.98 Å². The van der Waals surface area contributed by atoms with Crippen LogP contribution in [0.3, 0.4) is 0 Å². The van der Waals surface area contributed by atoms with Crippen molar-refractivity contribution in [2.45, 2.75) is 40.0 Å². The smallest absolute Gasteiger partial charge is 0.199 e. The Balaban J connectivity index is 2.34. The van der Waals surface area contributed by atoms with Crippen LogP contribution in [0.5, 0.6) is 0 Å². The largest absolute Gasteiger partial charge is 0.440 e. The predicted molar refractivity (Wildman–Crippen MR) is 74.6 cm³/mol. The van der Waals surface area contributed by atoms with Crippen LogP contribution in [0.25, 0.3) is 11.1 Å². The molecule has 0 spiro atoms. The number of aryl methyl sites for hydroxylation is 1. The first-order valence-corrected chi connectivity index (χ1v) is 6.46. The molecule has 2 N–H and O–H groups in total. The highest BCUT2D eigenvalue weighted by Crippen LogP contribution is 2.31. The summed E-state index contributed by atoms with van der Waals surface area (Å²) < 4.78 is 5.86. The van der Waals surface area contributed by atoms with E-state index in [-0.39, 0.29) is 11.3 Å². The van der Waals surface area contributed by atoms with Crippen LogP contribution in [0.2, 0.25) is 0 Å². The van der Waals surface area contributed by atoms with Gasteiger partial charge in [-0.15, -0.1) is 0 Å². The highest BCUT2D eigenvalue weighted by atomic mass is 16.3. The number of nitrogens with two attached hydrogens (primary N) is 1. The number of benzene rings is 1. The molecule has 1 unspecified atom stereocenters. The van der Waals surface area contributed by atoms with Crippen molar-refractivity contribution < 1.29 is 4.42 Å². The molecule has 1 heterocycles. The van der Waals surface area contributed by atoms with Crippen LogP contribution in [-0.2, 0) is 0 Å². The lowest BCUT2D eigenvalue weighted by Gasteiger charge is -2.22. The van der Waals surface area contributed by atoms with Crippen molar-refractivity contribution >= 4 is 11.1 Å². The van der Waals surface area contributed by atoms with Gasteiger partial charge in [0.25, 0.3) is 0 Å². The van der Waals surface area contributed by atoms with E-state index in [1.54, 1.807) is 0 Å². The second kappa shape index (κ2) is 4.73. The van der Waals surface area contributed by atoms with Gasteiger partial charge < -0.3 is 10.2 Å². The molecule has 0 radical (unpaired) electrons. The third-order valence-electron chi connectivity index (χ3n) is 3.05. The molecule has 0 fully saturated rings. The highest BCUT2D eigenvalue weighted by Gasteiger charge is 2.23.